The van der Waals surface area contributed by atoms with Crippen molar-refractivity contribution in [3.8, 4) is 0 Å². The Morgan fingerprint density at radius 2 is 2.00 bits per heavy atom. The summed E-state index contributed by atoms with van der Waals surface area (Å²) in [7, 11) is 1.39. The van der Waals surface area contributed by atoms with Gasteiger partial charge in [-0.15, -0.1) is 16.9 Å². The van der Waals surface area contributed by atoms with Crippen LogP contribution in [0.15, 0.2) is 50.3 Å². The molecule has 2 atom stereocenters. The summed E-state index contributed by atoms with van der Waals surface area (Å²) >= 11 is 2.42. The third-order valence-electron chi connectivity index (χ3n) is 5.67. The van der Waals surface area contributed by atoms with Crippen molar-refractivity contribution in [2.24, 2.45) is 12.8 Å². The van der Waals surface area contributed by atoms with Gasteiger partial charge in [0.15, 0.2) is 5.16 Å². The van der Waals surface area contributed by atoms with Crippen molar-refractivity contribution < 1.29 is 19.5 Å². The molecule has 0 spiro atoms. The van der Waals surface area contributed by atoms with Gasteiger partial charge < -0.3 is 16.2 Å². The molecule has 12 nitrogen and oxygen atoms in total. The van der Waals surface area contributed by atoms with Crippen LogP contribution in [0.4, 0.5) is 0 Å². The SMILES string of the molecule is Cn1c(SCC2=C(C(=O)O)N3C(=O)C(NC(=O)Cc4ccccc4CN)[C@@H]3SC2)n[nH]c(=O)c1=O. The van der Waals surface area contributed by atoms with E-state index >= 15 is 0 Å². The molecular weight excluding hydrogens is 496 g/mol. The zero-order valence-corrected chi connectivity index (χ0v) is 20.1. The summed E-state index contributed by atoms with van der Waals surface area (Å²) in [5.74, 6) is -1.66. The Kier molecular flexibility index (Phi) is 7.14. The number of nitrogens with two attached hydrogens (primary N) is 1. The third-order valence-corrected chi connectivity index (χ3v) is 8.13. The van der Waals surface area contributed by atoms with E-state index in [0.29, 0.717) is 11.3 Å². The summed E-state index contributed by atoms with van der Waals surface area (Å²) in [6, 6.07) is 6.44. The Labute approximate surface area is 207 Å². The molecule has 1 unspecified atom stereocenters. The summed E-state index contributed by atoms with van der Waals surface area (Å²) in [6.07, 6.45) is 0.0585. The fourth-order valence-electron chi connectivity index (χ4n) is 3.86. The van der Waals surface area contributed by atoms with E-state index in [1.54, 1.807) is 12.1 Å². The first kappa shape index (κ1) is 24.8. The molecule has 0 bridgehead atoms. The number of H-pyrrole nitrogens is 1. The van der Waals surface area contributed by atoms with Gasteiger partial charge in [0.05, 0.1) is 6.42 Å². The maximum absolute atomic E-state index is 12.9. The fourth-order valence-corrected chi connectivity index (χ4v) is 6.27. The first-order valence-corrected chi connectivity index (χ1v) is 12.5. The van der Waals surface area contributed by atoms with Crippen LogP contribution in [-0.4, -0.2) is 65.5 Å². The molecule has 0 aliphatic carbocycles. The lowest BCUT2D eigenvalue weighted by Gasteiger charge is -2.49. The average Bonchev–Trinajstić information content (AvgIpc) is 2.85. The highest BCUT2D eigenvalue weighted by molar-refractivity contribution is 8.01. The van der Waals surface area contributed by atoms with E-state index in [9.17, 15) is 29.1 Å². The number of rotatable bonds is 8. The van der Waals surface area contributed by atoms with Gasteiger partial charge in [0.25, 0.3) is 5.91 Å². The summed E-state index contributed by atoms with van der Waals surface area (Å²) in [6.45, 7) is 0.286. The predicted octanol–water partition coefficient (Wildman–Crippen LogP) is -0.999. The quantitative estimate of drug-likeness (QED) is 0.192. The van der Waals surface area contributed by atoms with E-state index in [1.807, 2.05) is 12.1 Å². The number of hydrogen-bond acceptors (Lipinski definition) is 9. The number of amides is 2. The van der Waals surface area contributed by atoms with E-state index in [-0.39, 0.29) is 35.5 Å². The highest BCUT2D eigenvalue weighted by Gasteiger charge is 2.54. The molecule has 1 aromatic heterocycles. The zero-order chi connectivity index (χ0) is 25.3. The van der Waals surface area contributed by atoms with Gasteiger partial charge in [-0.3, -0.25) is 28.6 Å². The Hall–Kier alpha value is -3.36. The number of benzene rings is 1. The average molecular weight is 519 g/mol. The number of β-lactam (4-membered cyclic amide) rings is 1. The van der Waals surface area contributed by atoms with Crippen molar-refractivity contribution in [2.75, 3.05) is 11.5 Å². The Morgan fingerprint density at radius 3 is 2.69 bits per heavy atom. The van der Waals surface area contributed by atoms with Gasteiger partial charge in [-0.2, -0.15) is 0 Å². The number of carboxylic acids is 1. The molecule has 14 heteroatoms. The standard InChI is InChI=1S/C21H22N6O6S2/c1-26-18(31)16(29)24-25-21(26)35-9-12-8-34-19-14(17(30)27(19)15(12)20(32)33)23-13(28)6-10-4-2-3-5-11(10)7-22/h2-5,14,19H,6-9,22H2,1H3,(H,23,28)(H,24,29)(H,32,33)/t14?,19-/m0/s1. The molecule has 35 heavy (non-hydrogen) atoms. The maximum atomic E-state index is 12.9. The van der Waals surface area contributed by atoms with Crippen molar-refractivity contribution in [3.05, 3.63) is 67.4 Å². The number of thioether (sulfide) groups is 2. The summed E-state index contributed by atoms with van der Waals surface area (Å²) in [5.41, 5.74) is 6.02. The molecule has 2 aromatic rings. The lowest BCUT2D eigenvalue weighted by atomic mass is 10.0. The molecule has 3 heterocycles. The molecule has 1 fully saturated rings. The summed E-state index contributed by atoms with van der Waals surface area (Å²) in [5, 5.41) is 18.1. The lowest BCUT2D eigenvalue weighted by molar-refractivity contribution is -0.150. The van der Waals surface area contributed by atoms with E-state index < -0.39 is 34.4 Å². The second-order valence-electron chi connectivity index (χ2n) is 7.85. The van der Waals surface area contributed by atoms with Gasteiger partial charge >= 0.3 is 17.1 Å². The highest BCUT2D eigenvalue weighted by atomic mass is 32.2. The van der Waals surface area contributed by atoms with Gasteiger partial charge in [-0.05, 0) is 16.7 Å². The van der Waals surface area contributed by atoms with Crippen molar-refractivity contribution in [1.82, 2.24) is 25.0 Å². The predicted molar refractivity (Wildman–Crippen MR) is 129 cm³/mol. The smallest absolute Gasteiger partial charge is 0.352 e. The first-order chi connectivity index (χ1) is 16.7. The minimum atomic E-state index is -1.26. The number of nitrogens with zero attached hydrogens (tertiary/aromatic N) is 3. The molecule has 4 rings (SSSR count). The maximum Gasteiger partial charge on any atom is 0.352 e. The van der Waals surface area contributed by atoms with Crippen LogP contribution in [0.2, 0.25) is 0 Å². The summed E-state index contributed by atoms with van der Waals surface area (Å²) in [4.78, 5) is 61.8. The number of carbonyl (C=O) groups is 3. The van der Waals surface area contributed by atoms with Gasteiger partial charge in [0.1, 0.15) is 17.1 Å². The monoisotopic (exact) mass is 518 g/mol. The minimum Gasteiger partial charge on any atom is -0.477 e. The molecular formula is C21H22N6O6S2. The van der Waals surface area contributed by atoms with E-state index in [0.717, 1.165) is 27.5 Å². The highest BCUT2D eigenvalue weighted by Crippen LogP contribution is 2.41. The van der Waals surface area contributed by atoms with Crippen LogP contribution in [-0.2, 0) is 34.4 Å². The third kappa shape index (κ3) is 4.76. The molecule has 5 N–H and O–H groups in total. The number of aromatic nitrogens is 3. The van der Waals surface area contributed by atoms with Crippen LogP contribution < -0.4 is 22.2 Å². The topological polar surface area (TPSA) is 180 Å². The van der Waals surface area contributed by atoms with Crippen LogP contribution in [0.1, 0.15) is 11.1 Å². The molecule has 2 amide bonds. The van der Waals surface area contributed by atoms with E-state index in [2.05, 4.69) is 15.5 Å². The Morgan fingerprint density at radius 1 is 1.29 bits per heavy atom. The van der Waals surface area contributed by atoms with Gasteiger partial charge in [0.2, 0.25) is 5.91 Å². The van der Waals surface area contributed by atoms with Crippen LogP contribution in [0, 0.1) is 0 Å². The number of carbonyl (C=O) groups excluding carboxylic acids is 2. The lowest BCUT2D eigenvalue weighted by Crippen LogP contribution is -2.70. The molecule has 184 valence electrons. The second-order valence-corrected chi connectivity index (χ2v) is 9.90. The van der Waals surface area contributed by atoms with Crippen LogP contribution >= 0.6 is 23.5 Å². The second kappa shape index (κ2) is 10.1. The van der Waals surface area contributed by atoms with Crippen LogP contribution in [0.5, 0.6) is 0 Å². The fraction of sp³-hybridized carbons (Fsp3) is 0.333. The Bertz CT molecular complexity index is 1350. The van der Waals surface area contributed by atoms with E-state index in [4.69, 9.17) is 5.73 Å². The Balaban J connectivity index is 1.46. The van der Waals surface area contributed by atoms with Gasteiger partial charge in [-0.1, -0.05) is 36.0 Å². The van der Waals surface area contributed by atoms with Crippen molar-refractivity contribution >= 4 is 41.3 Å². The number of carboxylic acid groups (broad SMARTS) is 1. The normalized spacial score (nSPS) is 19.3. The number of aliphatic carboxylic acids is 1. The van der Waals surface area contributed by atoms with Crippen LogP contribution in [0.3, 0.4) is 0 Å². The van der Waals surface area contributed by atoms with Crippen LogP contribution in [0.25, 0.3) is 0 Å². The largest absolute Gasteiger partial charge is 0.477 e. The number of nitrogens with one attached hydrogen (secondary N) is 2. The van der Waals surface area contributed by atoms with Gasteiger partial charge in [-0.25, -0.2) is 9.89 Å². The molecule has 1 saturated heterocycles. The molecule has 0 saturated carbocycles. The number of fused-ring (bicyclic) bond motifs is 1. The minimum absolute atomic E-state index is 0.0585. The number of hydrogen-bond donors (Lipinski definition) is 4. The van der Waals surface area contributed by atoms with Crippen molar-refractivity contribution in [1.29, 1.82) is 0 Å². The molecule has 2 aliphatic heterocycles. The van der Waals surface area contributed by atoms with Gasteiger partial charge in [0, 0.05) is 25.1 Å². The molecule has 1 aromatic carbocycles. The summed E-state index contributed by atoms with van der Waals surface area (Å²) < 4.78 is 1.08. The molecule has 0 radical (unpaired) electrons. The zero-order valence-electron chi connectivity index (χ0n) is 18.5. The molecule has 2 aliphatic rings. The van der Waals surface area contributed by atoms with Crippen molar-refractivity contribution in [3.63, 3.8) is 0 Å². The number of aromatic amines is 1. The van der Waals surface area contributed by atoms with E-state index in [1.165, 1.54) is 23.7 Å². The van der Waals surface area contributed by atoms with Crippen molar-refractivity contribution in [2.45, 2.75) is 29.5 Å². The first-order valence-electron chi connectivity index (χ1n) is 10.5.